The number of aryl methyl sites for hydroxylation is 1. The van der Waals surface area contributed by atoms with Gasteiger partial charge in [0.15, 0.2) is 11.5 Å². The van der Waals surface area contributed by atoms with E-state index < -0.39 is 29.3 Å². The van der Waals surface area contributed by atoms with Crippen LogP contribution >= 0.6 is 27.3 Å². The van der Waals surface area contributed by atoms with Crippen LogP contribution in [0.2, 0.25) is 0 Å². The summed E-state index contributed by atoms with van der Waals surface area (Å²) in [6, 6.07) is 13.4. The summed E-state index contributed by atoms with van der Waals surface area (Å²) in [6.45, 7) is 1.86. The summed E-state index contributed by atoms with van der Waals surface area (Å²) >= 11 is 4.74. The monoisotopic (exact) mass is 511 g/mol. The molecule has 5 rings (SSSR count). The number of amides is 1. The molecule has 1 atom stereocenters. The lowest BCUT2D eigenvalue weighted by molar-refractivity contribution is -0.117. The maximum Gasteiger partial charge on any atom is 0.294 e. The largest absolute Gasteiger partial charge is 0.503 e. The number of benzene rings is 2. The van der Waals surface area contributed by atoms with Crippen molar-refractivity contribution in [2.75, 3.05) is 4.90 Å². The minimum Gasteiger partial charge on any atom is -0.503 e. The first-order valence-corrected chi connectivity index (χ1v) is 11.3. The third kappa shape index (κ3) is 3.27. The molecule has 1 unspecified atom stereocenters. The number of aliphatic hydroxyl groups excluding tert-OH is 1. The third-order valence-electron chi connectivity index (χ3n) is 5.39. The van der Waals surface area contributed by atoms with Gasteiger partial charge in [0.2, 0.25) is 5.78 Å². The molecule has 5 nitrogen and oxygen atoms in total. The summed E-state index contributed by atoms with van der Waals surface area (Å²) in [6.07, 6.45) is 0. The van der Waals surface area contributed by atoms with Crippen molar-refractivity contribution in [2.45, 2.75) is 13.0 Å². The standard InChI is InChI=1S/C24H15BrFNO4S/c1-12-7-8-32-23(12)20-19(21(28)18-10-13-9-14(25)5-6-17(13)31-18)22(29)24(30)27(20)16-4-2-3-15(26)11-16/h2-11,20,29H,1H3. The average molecular weight is 512 g/mol. The number of anilines is 1. The lowest BCUT2D eigenvalue weighted by atomic mass is 9.98. The van der Waals surface area contributed by atoms with E-state index in [0.717, 1.165) is 10.0 Å². The fraction of sp³-hybridized carbons (Fsp3) is 0.0833. The summed E-state index contributed by atoms with van der Waals surface area (Å²) in [5.74, 6) is -2.55. The number of hydrogen-bond donors (Lipinski definition) is 1. The lowest BCUT2D eigenvalue weighted by Gasteiger charge is -2.26. The maximum atomic E-state index is 14.0. The lowest BCUT2D eigenvalue weighted by Crippen LogP contribution is -2.31. The van der Waals surface area contributed by atoms with Crippen molar-refractivity contribution in [1.82, 2.24) is 0 Å². The SMILES string of the molecule is Cc1ccsc1C1C(C(=O)c2cc3cc(Br)ccc3o2)=C(O)C(=O)N1c1cccc(F)c1. The molecule has 0 fully saturated rings. The fourth-order valence-corrected chi connectivity index (χ4v) is 5.30. The zero-order valence-electron chi connectivity index (χ0n) is 16.6. The second-order valence-corrected chi connectivity index (χ2v) is 9.27. The summed E-state index contributed by atoms with van der Waals surface area (Å²) in [5.41, 5.74) is 1.51. The minimum atomic E-state index is -0.906. The normalized spacial score (nSPS) is 16.4. The summed E-state index contributed by atoms with van der Waals surface area (Å²) in [4.78, 5) is 28.6. The van der Waals surface area contributed by atoms with Gasteiger partial charge in [0.25, 0.3) is 5.91 Å². The van der Waals surface area contributed by atoms with E-state index in [0.29, 0.717) is 15.8 Å². The molecule has 1 aliphatic rings. The Morgan fingerprint density at radius 3 is 2.72 bits per heavy atom. The third-order valence-corrected chi connectivity index (χ3v) is 6.96. The Labute approximate surface area is 194 Å². The van der Waals surface area contributed by atoms with E-state index in [2.05, 4.69) is 15.9 Å². The van der Waals surface area contributed by atoms with Crippen molar-refractivity contribution in [3.63, 3.8) is 0 Å². The first kappa shape index (κ1) is 20.7. The molecule has 32 heavy (non-hydrogen) atoms. The Balaban J connectivity index is 1.67. The van der Waals surface area contributed by atoms with E-state index in [9.17, 15) is 19.1 Å². The van der Waals surface area contributed by atoms with Crippen LogP contribution in [0.15, 0.2) is 80.2 Å². The number of hydrogen-bond acceptors (Lipinski definition) is 5. The number of aliphatic hydroxyl groups is 1. The Bertz CT molecular complexity index is 1440. The molecule has 3 heterocycles. The van der Waals surface area contributed by atoms with Crippen LogP contribution in [0.5, 0.6) is 0 Å². The number of furan rings is 1. The van der Waals surface area contributed by atoms with Crippen molar-refractivity contribution in [1.29, 1.82) is 0 Å². The van der Waals surface area contributed by atoms with Gasteiger partial charge in [0.1, 0.15) is 17.4 Å². The van der Waals surface area contributed by atoms with Crippen LogP contribution in [0.3, 0.4) is 0 Å². The van der Waals surface area contributed by atoms with Gasteiger partial charge >= 0.3 is 0 Å². The summed E-state index contributed by atoms with van der Waals surface area (Å²) < 4.78 is 20.5. The van der Waals surface area contributed by atoms with Crippen LogP contribution in [0, 0.1) is 12.7 Å². The van der Waals surface area contributed by atoms with Crippen LogP contribution in [0.4, 0.5) is 10.1 Å². The number of thiophene rings is 1. The van der Waals surface area contributed by atoms with Crippen LogP contribution in [0.25, 0.3) is 11.0 Å². The van der Waals surface area contributed by atoms with Crippen molar-refractivity contribution < 1.29 is 23.5 Å². The highest BCUT2D eigenvalue weighted by Crippen LogP contribution is 2.45. The number of carbonyl (C=O) groups is 2. The van der Waals surface area contributed by atoms with Crippen LogP contribution in [-0.4, -0.2) is 16.8 Å². The second kappa shape index (κ2) is 7.72. The van der Waals surface area contributed by atoms with E-state index in [-0.39, 0.29) is 17.0 Å². The van der Waals surface area contributed by atoms with Crippen LogP contribution in [-0.2, 0) is 4.79 Å². The zero-order chi connectivity index (χ0) is 22.6. The number of rotatable bonds is 4. The van der Waals surface area contributed by atoms with Gasteiger partial charge < -0.3 is 9.52 Å². The number of halogens is 2. The van der Waals surface area contributed by atoms with E-state index in [1.807, 2.05) is 24.4 Å². The molecular formula is C24H15BrFNO4S. The van der Waals surface area contributed by atoms with Gasteiger partial charge in [-0.1, -0.05) is 22.0 Å². The molecule has 1 amide bonds. The van der Waals surface area contributed by atoms with E-state index >= 15 is 0 Å². The van der Waals surface area contributed by atoms with E-state index in [1.54, 1.807) is 24.3 Å². The fourth-order valence-electron chi connectivity index (χ4n) is 3.90. The van der Waals surface area contributed by atoms with E-state index in [1.165, 1.54) is 34.4 Å². The average Bonchev–Trinajstić information content (AvgIpc) is 3.44. The highest BCUT2D eigenvalue weighted by atomic mass is 79.9. The molecule has 2 aromatic heterocycles. The predicted molar refractivity (Wildman–Crippen MR) is 124 cm³/mol. The second-order valence-electron chi connectivity index (χ2n) is 7.41. The molecule has 0 spiro atoms. The van der Waals surface area contributed by atoms with Gasteiger partial charge in [0, 0.05) is 20.4 Å². The van der Waals surface area contributed by atoms with Gasteiger partial charge in [-0.3, -0.25) is 14.5 Å². The number of nitrogens with zero attached hydrogens (tertiary/aromatic N) is 1. The molecule has 8 heteroatoms. The molecule has 160 valence electrons. The van der Waals surface area contributed by atoms with Crippen LogP contribution in [0.1, 0.15) is 27.0 Å². The molecule has 0 aliphatic carbocycles. The minimum absolute atomic E-state index is 0.00718. The highest BCUT2D eigenvalue weighted by Gasteiger charge is 2.46. The molecule has 4 aromatic rings. The molecule has 2 aromatic carbocycles. The molecule has 1 aliphatic heterocycles. The Hall–Kier alpha value is -3.23. The Kier molecular flexibility index (Phi) is 4.98. The first-order valence-electron chi connectivity index (χ1n) is 9.65. The summed E-state index contributed by atoms with van der Waals surface area (Å²) in [7, 11) is 0. The molecule has 1 N–H and O–H groups in total. The van der Waals surface area contributed by atoms with Gasteiger partial charge in [0.05, 0.1) is 5.57 Å². The molecule has 0 bridgehead atoms. The quantitative estimate of drug-likeness (QED) is 0.318. The number of carbonyl (C=O) groups excluding carboxylic acids is 2. The Morgan fingerprint density at radius 1 is 1.19 bits per heavy atom. The molecule has 0 radical (unpaired) electrons. The highest BCUT2D eigenvalue weighted by molar-refractivity contribution is 9.10. The summed E-state index contributed by atoms with van der Waals surface area (Å²) in [5, 5.41) is 13.3. The van der Waals surface area contributed by atoms with Crippen molar-refractivity contribution in [3.8, 4) is 0 Å². The topological polar surface area (TPSA) is 70.7 Å². The van der Waals surface area contributed by atoms with Gasteiger partial charge in [-0.25, -0.2) is 4.39 Å². The van der Waals surface area contributed by atoms with Crippen molar-refractivity contribution >= 4 is 55.6 Å². The maximum absolute atomic E-state index is 14.0. The molecule has 0 saturated heterocycles. The zero-order valence-corrected chi connectivity index (χ0v) is 19.0. The number of ketones is 1. The molecule has 0 saturated carbocycles. The van der Waals surface area contributed by atoms with Crippen molar-refractivity contribution in [3.05, 3.63) is 97.8 Å². The van der Waals surface area contributed by atoms with E-state index in [4.69, 9.17) is 4.42 Å². The van der Waals surface area contributed by atoms with Gasteiger partial charge in [-0.15, -0.1) is 11.3 Å². The predicted octanol–water partition coefficient (Wildman–Crippen LogP) is 6.49. The van der Waals surface area contributed by atoms with Crippen LogP contribution < -0.4 is 4.90 Å². The molecular weight excluding hydrogens is 497 g/mol. The smallest absolute Gasteiger partial charge is 0.294 e. The van der Waals surface area contributed by atoms with Crippen molar-refractivity contribution in [2.24, 2.45) is 0 Å². The van der Waals surface area contributed by atoms with Gasteiger partial charge in [-0.05, 0) is 66.4 Å². The Morgan fingerprint density at radius 2 is 2.00 bits per heavy atom. The number of fused-ring (bicyclic) bond motifs is 1. The number of Topliss-reactive ketones (excluding diaryl/α,β-unsaturated/α-hetero) is 1. The van der Waals surface area contributed by atoms with Gasteiger partial charge in [-0.2, -0.15) is 0 Å². The first-order chi connectivity index (χ1) is 15.3.